The number of nitrogens with one attached hydrogen (secondary N) is 2. The van der Waals surface area contributed by atoms with Crippen LogP contribution in [0.2, 0.25) is 0 Å². The van der Waals surface area contributed by atoms with Gasteiger partial charge in [0.05, 0.1) is 17.6 Å². The molecule has 2 N–H and O–H groups in total. The summed E-state index contributed by atoms with van der Waals surface area (Å²) in [7, 11) is 1.47. The van der Waals surface area contributed by atoms with Crippen LogP contribution in [0.5, 0.6) is 11.5 Å². The van der Waals surface area contributed by atoms with Gasteiger partial charge in [0, 0.05) is 19.2 Å². The normalized spacial score (nSPS) is 10.9. The van der Waals surface area contributed by atoms with Crippen molar-refractivity contribution in [2.45, 2.75) is 6.18 Å². The minimum Gasteiger partial charge on any atom is -0.493 e. The second-order valence-electron chi connectivity index (χ2n) is 5.70. The van der Waals surface area contributed by atoms with E-state index in [1.165, 1.54) is 7.11 Å². The molecule has 29 heavy (non-hydrogen) atoms. The van der Waals surface area contributed by atoms with E-state index in [1.807, 2.05) is 0 Å². The fourth-order valence-corrected chi connectivity index (χ4v) is 2.34. The van der Waals surface area contributed by atoms with Crippen molar-refractivity contribution in [3.05, 3.63) is 58.1 Å². The summed E-state index contributed by atoms with van der Waals surface area (Å²) >= 11 is 0. The number of rotatable bonds is 9. The zero-order valence-corrected chi connectivity index (χ0v) is 15.3. The first-order chi connectivity index (χ1) is 13.7. The van der Waals surface area contributed by atoms with Crippen molar-refractivity contribution in [3.63, 3.8) is 0 Å². The molecule has 0 spiro atoms. The molecular weight excluding hydrogens is 395 g/mol. The Morgan fingerprint density at radius 1 is 1.14 bits per heavy atom. The van der Waals surface area contributed by atoms with Crippen LogP contribution in [0.1, 0.15) is 5.56 Å². The molecule has 0 fully saturated rings. The van der Waals surface area contributed by atoms with Crippen molar-refractivity contribution in [2.24, 2.45) is 0 Å². The minimum atomic E-state index is -4.68. The van der Waals surface area contributed by atoms with E-state index in [4.69, 9.17) is 9.47 Å². The molecule has 0 atom stereocenters. The number of nitro groups is 1. The average Bonchev–Trinajstić information content (AvgIpc) is 2.69. The first-order valence-electron chi connectivity index (χ1n) is 8.34. The average molecular weight is 413 g/mol. The molecule has 0 bridgehead atoms. The number of nitrogens with zero attached hydrogens (tertiary/aromatic N) is 1. The zero-order chi connectivity index (χ0) is 21.4. The number of ether oxygens (including phenoxy) is 2. The SMILES string of the molecule is COc1ccccc1OCC(=O)NCCNc1ccc(C(F)(F)F)cc1[N+](=O)[O-]. The maximum absolute atomic E-state index is 12.7. The maximum atomic E-state index is 12.7. The van der Waals surface area contributed by atoms with E-state index >= 15 is 0 Å². The predicted octanol–water partition coefficient (Wildman–Crippen LogP) is 3.23. The first kappa shape index (κ1) is 21.8. The van der Waals surface area contributed by atoms with Crippen molar-refractivity contribution in [1.29, 1.82) is 0 Å². The van der Waals surface area contributed by atoms with Crippen molar-refractivity contribution < 1.29 is 32.4 Å². The number of nitro benzene ring substituents is 1. The number of carbonyl (C=O) groups is 1. The standard InChI is InChI=1S/C18H18F3N3O5/c1-28-15-4-2-3-5-16(15)29-11-17(25)23-9-8-22-13-7-6-12(18(19,20)21)10-14(13)24(26)27/h2-7,10,22H,8-9,11H2,1H3,(H,23,25). The Labute approximate surface area is 163 Å². The molecule has 0 saturated heterocycles. The molecule has 0 unspecified atom stereocenters. The van der Waals surface area contributed by atoms with Gasteiger partial charge in [-0.15, -0.1) is 0 Å². The van der Waals surface area contributed by atoms with Gasteiger partial charge in [-0.2, -0.15) is 13.2 Å². The molecule has 0 aliphatic heterocycles. The molecule has 156 valence electrons. The fraction of sp³-hybridized carbons (Fsp3) is 0.278. The number of carbonyl (C=O) groups excluding carboxylic acids is 1. The lowest BCUT2D eigenvalue weighted by Gasteiger charge is -2.12. The molecule has 0 aromatic heterocycles. The summed E-state index contributed by atoms with van der Waals surface area (Å²) in [5.41, 5.74) is -1.90. The summed E-state index contributed by atoms with van der Waals surface area (Å²) in [6, 6.07) is 8.96. The summed E-state index contributed by atoms with van der Waals surface area (Å²) < 4.78 is 48.5. The van der Waals surface area contributed by atoms with Crippen molar-refractivity contribution in [1.82, 2.24) is 5.32 Å². The van der Waals surface area contributed by atoms with E-state index in [9.17, 15) is 28.1 Å². The van der Waals surface area contributed by atoms with Gasteiger partial charge < -0.3 is 20.1 Å². The lowest BCUT2D eigenvalue weighted by atomic mass is 10.1. The molecule has 0 saturated carbocycles. The van der Waals surface area contributed by atoms with Crippen molar-refractivity contribution in [3.8, 4) is 11.5 Å². The number of para-hydroxylation sites is 2. The number of amides is 1. The third-order valence-electron chi connectivity index (χ3n) is 3.71. The van der Waals surface area contributed by atoms with Crippen LogP contribution in [0.25, 0.3) is 0 Å². The van der Waals surface area contributed by atoms with Gasteiger partial charge in [0.1, 0.15) is 5.69 Å². The topological polar surface area (TPSA) is 103 Å². The van der Waals surface area contributed by atoms with Crippen LogP contribution < -0.4 is 20.1 Å². The minimum absolute atomic E-state index is 0.0621. The number of hydrogen-bond donors (Lipinski definition) is 2. The predicted molar refractivity (Wildman–Crippen MR) is 98.1 cm³/mol. The number of anilines is 1. The van der Waals surface area contributed by atoms with Gasteiger partial charge >= 0.3 is 6.18 Å². The van der Waals surface area contributed by atoms with Gasteiger partial charge in [0.2, 0.25) is 0 Å². The highest BCUT2D eigenvalue weighted by Gasteiger charge is 2.32. The summed E-state index contributed by atoms with van der Waals surface area (Å²) in [4.78, 5) is 21.9. The Hall–Kier alpha value is -3.50. The van der Waals surface area contributed by atoms with Crippen LogP contribution in [0.3, 0.4) is 0 Å². The number of alkyl halides is 3. The van der Waals surface area contributed by atoms with Crippen LogP contribution in [0.15, 0.2) is 42.5 Å². The van der Waals surface area contributed by atoms with Crippen LogP contribution in [0, 0.1) is 10.1 Å². The Bertz CT molecular complexity index is 874. The zero-order valence-electron chi connectivity index (χ0n) is 15.3. The number of hydrogen-bond acceptors (Lipinski definition) is 6. The van der Waals surface area contributed by atoms with E-state index < -0.39 is 28.3 Å². The molecule has 1 amide bonds. The summed E-state index contributed by atoms with van der Waals surface area (Å²) in [5, 5.41) is 16.2. The molecule has 8 nitrogen and oxygen atoms in total. The smallest absolute Gasteiger partial charge is 0.416 e. The second-order valence-corrected chi connectivity index (χ2v) is 5.70. The Kier molecular flexibility index (Phi) is 7.23. The van der Waals surface area contributed by atoms with Gasteiger partial charge in [-0.1, -0.05) is 12.1 Å². The van der Waals surface area contributed by atoms with Crippen LogP contribution >= 0.6 is 0 Å². The monoisotopic (exact) mass is 413 g/mol. The van der Waals surface area contributed by atoms with Crippen molar-refractivity contribution >= 4 is 17.3 Å². The van der Waals surface area contributed by atoms with E-state index in [2.05, 4.69) is 10.6 Å². The lowest BCUT2D eigenvalue weighted by Crippen LogP contribution is -2.32. The molecule has 2 aromatic carbocycles. The molecule has 0 aliphatic rings. The maximum Gasteiger partial charge on any atom is 0.416 e. The largest absolute Gasteiger partial charge is 0.493 e. The Balaban J connectivity index is 1.84. The summed E-state index contributed by atoms with van der Waals surface area (Å²) in [6.07, 6.45) is -4.68. The summed E-state index contributed by atoms with van der Waals surface area (Å²) in [5.74, 6) is 0.417. The van der Waals surface area contributed by atoms with E-state index in [0.717, 1.165) is 12.1 Å². The second kappa shape index (κ2) is 9.62. The van der Waals surface area contributed by atoms with E-state index in [1.54, 1.807) is 24.3 Å². The van der Waals surface area contributed by atoms with Crippen molar-refractivity contribution in [2.75, 3.05) is 32.1 Å². The van der Waals surface area contributed by atoms with Crippen LogP contribution in [0.4, 0.5) is 24.5 Å². The Morgan fingerprint density at radius 2 is 1.83 bits per heavy atom. The number of benzene rings is 2. The Morgan fingerprint density at radius 3 is 2.45 bits per heavy atom. The van der Waals surface area contributed by atoms with Gasteiger partial charge in [-0.05, 0) is 24.3 Å². The molecule has 2 rings (SSSR count). The highest BCUT2D eigenvalue weighted by Crippen LogP contribution is 2.34. The fourth-order valence-electron chi connectivity index (χ4n) is 2.34. The first-order valence-corrected chi connectivity index (χ1v) is 8.34. The molecule has 0 radical (unpaired) electrons. The molecule has 0 heterocycles. The number of halogens is 3. The molecule has 11 heteroatoms. The highest BCUT2D eigenvalue weighted by atomic mass is 19.4. The highest BCUT2D eigenvalue weighted by molar-refractivity contribution is 5.77. The van der Waals surface area contributed by atoms with Gasteiger partial charge in [0.25, 0.3) is 11.6 Å². The molecular formula is C18H18F3N3O5. The van der Waals surface area contributed by atoms with E-state index in [-0.39, 0.29) is 25.4 Å². The number of methoxy groups -OCH3 is 1. The third-order valence-corrected chi connectivity index (χ3v) is 3.71. The quantitative estimate of drug-likeness (QED) is 0.372. The van der Waals surface area contributed by atoms with Crippen LogP contribution in [-0.2, 0) is 11.0 Å². The van der Waals surface area contributed by atoms with Gasteiger partial charge in [-0.25, -0.2) is 0 Å². The third kappa shape index (κ3) is 6.26. The van der Waals surface area contributed by atoms with Crippen LogP contribution in [-0.4, -0.2) is 37.6 Å². The molecule has 2 aromatic rings. The van der Waals surface area contributed by atoms with E-state index in [0.29, 0.717) is 17.6 Å². The van der Waals surface area contributed by atoms with Gasteiger partial charge in [-0.3, -0.25) is 14.9 Å². The lowest BCUT2D eigenvalue weighted by molar-refractivity contribution is -0.384. The summed E-state index contributed by atoms with van der Waals surface area (Å²) in [6.45, 7) is -0.139. The van der Waals surface area contributed by atoms with Gasteiger partial charge in [0.15, 0.2) is 18.1 Å². The molecule has 0 aliphatic carbocycles.